The molecule has 1 N–H and O–H groups in total. The van der Waals surface area contributed by atoms with Gasteiger partial charge in [-0.05, 0) is 34.6 Å². The Morgan fingerprint density at radius 2 is 1.45 bits per heavy atom. The molecule has 31 heavy (non-hydrogen) atoms. The van der Waals surface area contributed by atoms with Crippen LogP contribution in [0.25, 0.3) is 0 Å². The standard InChI is InChI=1S/C28H32O3/c1-19(2)18-26(30)31-25-13-9-7-11-23(25)27(22-10-6-8-12-24(22)29)20-14-16-21(17-15-20)28(3,4)5/h6-17,19,27,29H,18H2,1-5H3/t27-/m1/s1. The molecule has 3 heteroatoms. The van der Waals surface area contributed by atoms with Gasteiger partial charge in [-0.15, -0.1) is 0 Å². The number of carbonyl (C=O) groups is 1. The minimum Gasteiger partial charge on any atom is -0.508 e. The number of hydrogen-bond acceptors (Lipinski definition) is 3. The number of carbonyl (C=O) groups excluding carboxylic acids is 1. The van der Waals surface area contributed by atoms with Gasteiger partial charge in [0.15, 0.2) is 0 Å². The summed E-state index contributed by atoms with van der Waals surface area (Å²) in [6.45, 7) is 10.5. The van der Waals surface area contributed by atoms with Gasteiger partial charge in [0.05, 0.1) is 0 Å². The third-order valence-electron chi connectivity index (χ3n) is 5.39. The molecular formula is C28H32O3. The lowest BCUT2D eigenvalue weighted by atomic mass is 9.81. The van der Waals surface area contributed by atoms with Crippen LogP contribution in [0.1, 0.15) is 69.2 Å². The van der Waals surface area contributed by atoms with Crippen molar-refractivity contribution in [2.24, 2.45) is 5.92 Å². The summed E-state index contributed by atoms with van der Waals surface area (Å²) >= 11 is 0. The van der Waals surface area contributed by atoms with Crippen molar-refractivity contribution < 1.29 is 14.6 Å². The van der Waals surface area contributed by atoms with Crippen LogP contribution >= 0.6 is 0 Å². The third-order valence-corrected chi connectivity index (χ3v) is 5.39. The van der Waals surface area contributed by atoms with Crippen LogP contribution in [0.2, 0.25) is 0 Å². The number of phenols is 1. The number of esters is 1. The van der Waals surface area contributed by atoms with Crippen molar-refractivity contribution in [3.8, 4) is 11.5 Å². The van der Waals surface area contributed by atoms with Crippen molar-refractivity contribution in [3.63, 3.8) is 0 Å². The van der Waals surface area contributed by atoms with E-state index < -0.39 is 0 Å². The van der Waals surface area contributed by atoms with Gasteiger partial charge in [-0.2, -0.15) is 0 Å². The summed E-state index contributed by atoms with van der Waals surface area (Å²) in [5.74, 6) is 0.454. The normalized spacial score (nSPS) is 12.6. The Hall–Kier alpha value is -3.07. The topological polar surface area (TPSA) is 46.5 Å². The number of hydrogen-bond donors (Lipinski definition) is 1. The molecule has 0 fully saturated rings. The van der Waals surface area contributed by atoms with E-state index in [1.807, 2.05) is 56.3 Å². The van der Waals surface area contributed by atoms with Gasteiger partial charge >= 0.3 is 5.97 Å². The highest BCUT2D eigenvalue weighted by Crippen LogP contribution is 2.41. The van der Waals surface area contributed by atoms with Gasteiger partial charge < -0.3 is 9.84 Å². The van der Waals surface area contributed by atoms with Gasteiger partial charge in [-0.1, -0.05) is 95.3 Å². The second-order valence-electron chi connectivity index (χ2n) is 9.47. The first-order chi connectivity index (χ1) is 14.7. The van der Waals surface area contributed by atoms with E-state index in [4.69, 9.17) is 4.74 Å². The van der Waals surface area contributed by atoms with E-state index in [0.29, 0.717) is 12.2 Å². The lowest BCUT2D eigenvalue weighted by Crippen LogP contribution is -2.14. The summed E-state index contributed by atoms with van der Waals surface area (Å²) in [6, 6.07) is 23.4. The van der Waals surface area contributed by atoms with E-state index in [1.54, 1.807) is 6.07 Å². The summed E-state index contributed by atoms with van der Waals surface area (Å²) in [5.41, 5.74) is 3.95. The lowest BCUT2D eigenvalue weighted by molar-refractivity contribution is -0.135. The molecule has 0 aliphatic heterocycles. The van der Waals surface area contributed by atoms with Crippen LogP contribution in [0, 0.1) is 5.92 Å². The molecule has 0 amide bonds. The average molecular weight is 417 g/mol. The van der Waals surface area contributed by atoms with Gasteiger partial charge in [0.1, 0.15) is 11.5 Å². The van der Waals surface area contributed by atoms with E-state index in [0.717, 1.165) is 16.7 Å². The minimum atomic E-state index is -0.265. The van der Waals surface area contributed by atoms with E-state index in [1.165, 1.54) is 5.56 Å². The predicted molar refractivity (Wildman–Crippen MR) is 126 cm³/mol. The van der Waals surface area contributed by atoms with Crippen LogP contribution in [0.3, 0.4) is 0 Å². The number of rotatable bonds is 6. The average Bonchev–Trinajstić information content (AvgIpc) is 2.70. The number of para-hydroxylation sites is 2. The molecule has 3 rings (SSSR count). The molecule has 0 aromatic heterocycles. The van der Waals surface area contributed by atoms with Crippen molar-refractivity contribution in [3.05, 3.63) is 95.1 Å². The van der Waals surface area contributed by atoms with Crippen LogP contribution < -0.4 is 4.74 Å². The quantitative estimate of drug-likeness (QED) is 0.272. The molecule has 162 valence electrons. The van der Waals surface area contributed by atoms with Crippen molar-refractivity contribution >= 4 is 5.97 Å². The third kappa shape index (κ3) is 5.55. The first-order valence-electron chi connectivity index (χ1n) is 10.8. The molecule has 0 unspecified atom stereocenters. The van der Waals surface area contributed by atoms with Crippen LogP contribution in [0.4, 0.5) is 0 Å². The second-order valence-corrected chi connectivity index (χ2v) is 9.47. The smallest absolute Gasteiger partial charge is 0.311 e. The molecule has 1 atom stereocenters. The van der Waals surface area contributed by atoms with E-state index in [2.05, 4.69) is 45.0 Å². The fourth-order valence-corrected chi connectivity index (χ4v) is 3.74. The lowest BCUT2D eigenvalue weighted by Gasteiger charge is -2.24. The zero-order valence-corrected chi connectivity index (χ0v) is 19.1. The Morgan fingerprint density at radius 3 is 2.03 bits per heavy atom. The summed E-state index contributed by atoms with van der Waals surface area (Å²) in [7, 11) is 0. The van der Waals surface area contributed by atoms with Crippen molar-refractivity contribution in [2.45, 2.75) is 52.4 Å². The molecule has 0 aliphatic carbocycles. The summed E-state index contributed by atoms with van der Waals surface area (Å²) in [5, 5.41) is 10.7. The molecule has 3 aromatic carbocycles. The first kappa shape index (κ1) is 22.6. The molecule has 0 heterocycles. The maximum Gasteiger partial charge on any atom is 0.311 e. The number of phenolic OH excluding ortho intramolecular Hbond substituents is 1. The zero-order chi connectivity index (χ0) is 22.6. The maximum atomic E-state index is 12.4. The van der Waals surface area contributed by atoms with Crippen molar-refractivity contribution in [1.29, 1.82) is 0 Å². The Bertz CT molecular complexity index is 1030. The second kappa shape index (κ2) is 9.38. The van der Waals surface area contributed by atoms with E-state index >= 15 is 0 Å². The molecule has 3 nitrogen and oxygen atoms in total. The Morgan fingerprint density at radius 1 is 0.871 bits per heavy atom. The van der Waals surface area contributed by atoms with Gasteiger partial charge in [-0.25, -0.2) is 0 Å². The van der Waals surface area contributed by atoms with Crippen LogP contribution in [0.15, 0.2) is 72.8 Å². The zero-order valence-electron chi connectivity index (χ0n) is 19.1. The molecule has 0 aliphatic rings. The maximum absolute atomic E-state index is 12.4. The Kier molecular flexibility index (Phi) is 6.84. The van der Waals surface area contributed by atoms with E-state index in [-0.39, 0.29) is 29.0 Å². The summed E-state index contributed by atoms with van der Waals surface area (Å²) in [6.07, 6.45) is 0.357. The first-order valence-corrected chi connectivity index (χ1v) is 10.8. The highest BCUT2D eigenvalue weighted by atomic mass is 16.5. The molecule has 0 bridgehead atoms. The number of benzene rings is 3. The molecule has 0 radical (unpaired) electrons. The predicted octanol–water partition coefficient (Wildman–Crippen LogP) is 6.82. The fourth-order valence-electron chi connectivity index (χ4n) is 3.74. The number of ether oxygens (including phenoxy) is 1. The van der Waals surface area contributed by atoms with Crippen LogP contribution in [0.5, 0.6) is 11.5 Å². The number of aromatic hydroxyl groups is 1. The highest BCUT2D eigenvalue weighted by Gasteiger charge is 2.25. The van der Waals surface area contributed by atoms with Crippen LogP contribution in [-0.4, -0.2) is 11.1 Å². The van der Waals surface area contributed by atoms with Crippen LogP contribution in [-0.2, 0) is 10.2 Å². The summed E-state index contributed by atoms with van der Waals surface area (Å²) < 4.78 is 5.78. The van der Waals surface area contributed by atoms with Gasteiger partial charge in [0.25, 0.3) is 0 Å². The molecule has 0 saturated heterocycles. The molecule has 0 spiro atoms. The SMILES string of the molecule is CC(C)CC(=O)Oc1ccccc1[C@H](c1ccc(C(C)(C)C)cc1)c1ccccc1O. The van der Waals surface area contributed by atoms with Crippen molar-refractivity contribution in [1.82, 2.24) is 0 Å². The van der Waals surface area contributed by atoms with Gasteiger partial charge in [-0.3, -0.25) is 4.79 Å². The van der Waals surface area contributed by atoms with Gasteiger partial charge in [0, 0.05) is 23.5 Å². The van der Waals surface area contributed by atoms with Gasteiger partial charge in [0.2, 0.25) is 0 Å². The Labute approximate surface area is 185 Å². The fraction of sp³-hybridized carbons (Fsp3) is 0.321. The summed E-state index contributed by atoms with van der Waals surface area (Å²) in [4.78, 5) is 12.4. The minimum absolute atomic E-state index is 0.0488. The monoisotopic (exact) mass is 416 g/mol. The van der Waals surface area contributed by atoms with Crippen molar-refractivity contribution in [2.75, 3.05) is 0 Å². The molecule has 0 saturated carbocycles. The molecular weight excluding hydrogens is 384 g/mol. The Balaban J connectivity index is 2.11. The largest absolute Gasteiger partial charge is 0.508 e. The molecule has 3 aromatic rings. The van der Waals surface area contributed by atoms with E-state index in [9.17, 15) is 9.90 Å². The highest BCUT2D eigenvalue weighted by molar-refractivity contribution is 5.73.